The summed E-state index contributed by atoms with van der Waals surface area (Å²) in [5, 5.41) is 3.30. The first-order chi connectivity index (χ1) is 10.1. The molecule has 2 rings (SSSR count). The zero-order chi connectivity index (χ0) is 15.2. The number of hydrogen-bond donors (Lipinski definition) is 1. The molecule has 110 valence electrons. The van der Waals surface area contributed by atoms with Crippen molar-refractivity contribution in [3.63, 3.8) is 0 Å². The van der Waals surface area contributed by atoms with Gasteiger partial charge in [0, 0.05) is 17.2 Å². The van der Waals surface area contributed by atoms with E-state index < -0.39 is 0 Å². The van der Waals surface area contributed by atoms with E-state index in [-0.39, 0.29) is 5.91 Å². The van der Waals surface area contributed by atoms with Crippen LogP contribution in [-0.4, -0.2) is 25.1 Å². The number of nitrogens with one attached hydrogen (secondary N) is 1. The average Bonchev–Trinajstić information content (AvgIpc) is 2.89. The van der Waals surface area contributed by atoms with Crippen LogP contribution in [0.5, 0.6) is 11.5 Å². The molecule has 0 saturated heterocycles. The Morgan fingerprint density at radius 1 is 1.29 bits per heavy atom. The van der Waals surface area contributed by atoms with Gasteiger partial charge in [-0.05, 0) is 30.7 Å². The van der Waals surface area contributed by atoms with Gasteiger partial charge in [0.15, 0.2) is 16.6 Å². The lowest BCUT2D eigenvalue weighted by Crippen LogP contribution is -2.07. The molecule has 0 atom stereocenters. The first kappa shape index (κ1) is 15.1. The molecule has 1 aromatic carbocycles. The minimum Gasteiger partial charge on any atom is -0.493 e. The van der Waals surface area contributed by atoms with Crippen molar-refractivity contribution in [3.8, 4) is 11.5 Å². The van der Waals surface area contributed by atoms with Crippen LogP contribution in [0, 0.1) is 6.92 Å². The Bertz CT molecular complexity index is 665. The number of aryl methyl sites for hydroxylation is 1. The number of hydrogen-bond acceptors (Lipinski definition) is 5. The molecule has 0 aliphatic heterocycles. The van der Waals surface area contributed by atoms with Crippen molar-refractivity contribution in [1.29, 1.82) is 0 Å². The van der Waals surface area contributed by atoms with Gasteiger partial charge in [-0.15, -0.1) is 11.3 Å². The molecule has 0 bridgehead atoms. The van der Waals surface area contributed by atoms with Gasteiger partial charge in [0.25, 0.3) is 0 Å². The minimum atomic E-state index is -0.223. The fourth-order valence-corrected chi connectivity index (χ4v) is 2.36. The quantitative estimate of drug-likeness (QED) is 0.862. The van der Waals surface area contributed by atoms with Gasteiger partial charge in [0.1, 0.15) is 0 Å². The molecule has 0 unspecified atom stereocenters. The first-order valence-electron chi connectivity index (χ1n) is 6.26. The Balaban J connectivity index is 2.04. The van der Waals surface area contributed by atoms with E-state index in [1.807, 2.05) is 13.0 Å². The number of ether oxygens (including phenoxy) is 2. The van der Waals surface area contributed by atoms with Crippen LogP contribution in [0.3, 0.4) is 0 Å². The van der Waals surface area contributed by atoms with Crippen LogP contribution in [0.15, 0.2) is 30.5 Å². The second kappa shape index (κ2) is 6.90. The Kier molecular flexibility index (Phi) is 4.94. The molecular weight excluding hydrogens is 288 g/mol. The largest absolute Gasteiger partial charge is 0.493 e. The van der Waals surface area contributed by atoms with Crippen LogP contribution in [-0.2, 0) is 4.79 Å². The number of methoxy groups -OCH3 is 2. The molecule has 1 heterocycles. The van der Waals surface area contributed by atoms with E-state index in [0.717, 1.165) is 10.4 Å². The van der Waals surface area contributed by atoms with Gasteiger partial charge in [-0.1, -0.05) is 6.07 Å². The third-order valence-corrected chi connectivity index (χ3v) is 3.51. The summed E-state index contributed by atoms with van der Waals surface area (Å²) in [4.78, 5) is 16.9. The molecule has 0 saturated carbocycles. The highest BCUT2D eigenvalue weighted by Crippen LogP contribution is 2.28. The highest BCUT2D eigenvalue weighted by Gasteiger charge is 2.04. The lowest BCUT2D eigenvalue weighted by Gasteiger charge is -2.07. The monoisotopic (exact) mass is 304 g/mol. The zero-order valence-corrected chi connectivity index (χ0v) is 12.9. The van der Waals surface area contributed by atoms with E-state index in [1.165, 1.54) is 17.4 Å². The van der Waals surface area contributed by atoms with E-state index in [0.29, 0.717) is 16.6 Å². The molecule has 6 heteroatoms. The molecule has 21 heavy (non-hydrogen) atoms. The van der Waals surface area contributed by atoms with E-state index in [4.69, 9.17) is 9.47 Å². The summed E-state index contributed by atoms with van der Waals surface area (Å²) in [7, 11) is 3.15. The van der Waals surface area contributed by atoms with Gasteiger partial charge in [-0.2, -0.15) is 0 Å². The van der Waals surface area contributed by atoms with Crippen molar-refractivity contribution in [3.05, 3.63) is 40.9 Å². The molecule has 0 fully saturated rings. The maximum absolute atomic E-state index is 11.8. The van der Waals surface area contributed by atoms with Crippen LogP contribution < -0.4 is 14.8 Å². The Morgan fingerprint density at radius 2 is 2.05 bits per heavy atom. The molecule has 2 aromatic rings. The van der Waals surface area contributed by atoms with Crippen molar-refractivity contribution in [1.82, 2.24) is 4.98 Å². The SMILES string of the molecule is COc1ccc(/C=C/C(=O)Nc2ncc(C)s2)cc1OC. The van der Waals surface area contributed by atoms with E-state index in [9.17, 15) is 4.79 Å². The Labute approximate surface area is 127 Å². The van der Waals surface area contributed by atoms with E-state index in [1.54, 1.807) is 38.6 Å². The summed E-state index contributed by atoms with van der Waals surface area (Å²) >= 11 is 1.44. The van der Waals surface area contributed by atoms with Crippen molar-refractivity contribution in [2.45, 2.75) is 6.92 Å². The maximum atomic E-state index is 11.8. The Morgan fingerprint density at radius 3 is 2.67 bits per heavy atom. The number of anilines is 1. The highest BCUT2D eigenvalue weighted by molar-refractivity contribution is 7.15. The first-order valence-corrected chi connectivity index (χ1v) is 7.07. The number of thiazole rings is 1. The van der Waals surface area contributed by atoms with Crippen molar-refractivity contribution >= 4 is 28.5 Å². The second-order valence-electron chi connectivity index (χ2n) is 4.21. The lowest BCUT2D eigenvalue weighted by atomic mass is 10.2. The van der Waals surface area contributed by atoms with Gasteiger partial charge < -0.3 is 9.47 Å². The summed E-state index contributed by atoms with van der Waals surface area (Å²) in [6.45, 7) is 1.94. The van der Waals surface area contributed by atoms with Gasteiger partial charge in [-0.3, -0.25) is 10.1 Å². The number of aromatic nitrogens is 1. The topological polar surface area (TPSA) is 60.5 Å². The third kappa shape index (κ3) is 4.06. The summed E-state index contributed by atoms with van der Waals surface area (Å²) < 4.78 is 10.4. The van der Waals surface area contributed by atoms with Crippen molar-refractivity contribution in [2.24, 2.45) is 0 Å². The third-order valence-electron chi connectivity index (χ3n) is 2.69. The van der Waals surface area contributed by atoms with E-state index in [2.05, 4.69) is 10.3 Å². The Hall–Kier alpha value is -2.34. The number of amides is 1. The van der Waals surface area contributed by atoms with Crippen molar-refractivity contribution in [2.75, 3.05) is 19.5 Å². The van der Waals surface area contributed by atoms with Crippen LogP contribution in [0.2, 0.25) is 0 Å². The summed E-state index contributed by atoms with van der Waals surface area (Å²) in [6, 6.07) is 5.44. The lowest BCUT2D eigenvalue weighted by molar-refractivity contribution is -0.111. The summed E-state index contributed by atoms with van der Waals surface area (Å²) in [5.74, 6) is 1.05. The standard InChI is InChI=1S/C15H16N2O3S/c1-10-9-16-15(21-10)17-14(18)7-5-11-4-6-12(19-2)13(8-11)20-3/h4-9H,1-3H3,(H,16,17,18)/b7-5+. The summed E-state index contributed by atoms with van der Waals surface area (Å²) in [6.07, 6.45) is 4.88. The molecule has 0 aliphatic carbocycles. The molecule has 0 spiro atoms. The number of benzene rings is 1. The van der Waals surface area contributed by atoms with E-state index >= 15 is 0 Å². The van der Waals surface area contributed by atoms with Crippen LogP contribution >= 0.6 is 11.3 Å². The molecule has 0 aliphatic rings. The zero-order valence-electron chi connectivity index (χ0n) is 12.0. The number of rotatable bonds is 5. The number of carbonyl (C=O) groups excluding carboxylic acids is 1. The number of nitrogens with zero attached hydrogens (tertiary/aromatic N) is 1. The fraction of sp³-hybridized carbons (Fsp3) is 0.200. The predicted molar refractivity (Wildman–Crippen MR) is 84.1 cm³/mol. The second-order valence-corrected chi connectivity index (χ2v) is 5.45. The molecule has 0 radical (unpaired) electrons. The average molecular weight is 304 g/mol. The minimum absolute atomic E-state index is 0.223. The fourth-order valence-electron chi connectivity index (χ4n) is 1.69. The maximum Gasteiger partial charge on any atom is 0.250 e. The molecule has 1 aromatic heterocycles. The molecule has 5 nitrogen and oxygen atoms in total. The van der Waals surface area contributed by atoms with Gasteiger partial charge in [0.05, 0.1) is 14.2 Å². The summed E-state index contributed by atoms with van der Waals surface area (Å²) in [5.41, 5.74) is 0.845. The normalized spacial score (nSPS) is 10.6. The van der Waals surface area contributed by atoms with Gasteiger partial charge in [0.2, 0.25) is 5.91 Å². The smallest absolute Gasteiger partial charge is 0.250 e. The predicted octanol–water partition coefficient (Wildman–Crippen LogP) is 3.12. The van der Waals surface area contributed by atoms with Gasteiger partial charge in [-0.25, -0.2) is 4.98 Å². The van der Waals surface area contributed by atoms with Crippen LogP contribution in [0.4, 0.5) is 5.13 Å². The molecular formula is C15H16N2O3S. The number of carbonyl (C=O) groups is 1. The van der Waals surface area contributed by atoms with Crippen molar-refractivity contribution < 1.29 is 14.3 Å². The molecule has 1 amide bonds. The van der Waals surface area contributed by atoms with Crippen LogP contribution in [0.25, 0.3) is 6.08 Å². The molecule has 1 N–H and O–H groups in total. The highest BCUT2D eigenvalue weighted by atomic mass is 32.1. The van der Waals surface area contributed by atoms with Gasteiger partial charge >= 0.3 is 0 Å². The van der Waals surface area contributed by atoms with Crippen LogP contribution in [0.1, 0.15) is 10.4 Å².